The Bertz CT molecular complexity index is 2560. The van der Waals surface area contributed by atoms with E-state index in [1.54, 1.807) is 33.8 Å². The van der Waals surface area contributed by atoms with E-state index in [-0.39, 0.29) is 57.0 Å². The van der Waals surface area contributed by atoms with E-state index in [9.17, 15) is 19.2 Å². The van der Waals surface area contributed by atoms with Crippen molar-refractivity contribution < 1.29 is 18.3 Å². The van der Waals surface area contributed by atoms with Gasteiger partial charge in [0.1, 0.15) is 23.2 Å². The maximum absolute atomic E-state index is 15.4. The summed E-state index contributed by atoms with van der Waals surface area (Å²) in [5.74, 6) is -0.739. The number of nitrogens with one attached hydrogen (secondary N) is 2. The number of nitrogens with zero attached hydrogens (tertiary/aromatic N) is 7. The van der Waals surface area contributed by atoms with Crippen LogP contribution in [0.2, 0.25) is 0 Å². The number of nitrogens with two attached hydrogens (primary N) is 1. The number of carbonyl (C=O) groups is 1. The highest BCUT2D eigenvalue weighted by atomic mass is 32.2. The quantitative estimate of drug-likeness (QED) is 0.111. The number of hydrogen-bond donors (Lipinski definition) is 3. The predicted octanol–water partition coefficient (Wildman–Crippen LogP) is 7.07. The number of likely N-dealkylation sites (tertiary alicyclic amines) is 1. The molecule has 1 amide bonds. The number of benzene rings is 3. The molecule has 0 radical (unpaired) electrons. The zero-order valence-corrected chi connectivity index (χ0v) is 34.2. The fraction of sp³-hybridized carbons (Fsp3) is 0.465. The van der Waals surface area contributed by atoms with Gasteiger partial charge in [-0.1, -0.05) is 13.8 Å². The molecule has 2 spiro atoms. The SMILES string of the molecule is CC(C)SNc1ccc(F)c(Oc2ccc3ncn(C4CC5(CCN(C6CC7(C6)CN(c6cc8c(cc6F)c(NCCC(N)=O)nn8C)C7)CC5)C4)c(=O)c3c2)c1C#N. The molecule has 59 heavy (non-hydrogen) atoms. The smallest absolute Gasteiger partial charge is 0.261 e. The summed E-state index contributed by atoms with van der Waals surface area (Å²) < 4.78 is 43.0. The van der Waals surface area contributed by atoms with Crippen LogP contribution in [0.1, 0.15) is 70.4 Å². The molecule has 5 aromatic rings. The lowest BCUT2D eigenvalue weighted by Gasteiger charge is -2.63. The van der Waals surface area contributed by atoms with Gasteiger partial charge < -0.3 is 30.3 Å². The van der Waals surface area contributed by atoms with E-state index in [2.05, 4.69) is 36.0 Å². The third kappa shape index (κ3) is 7.22. The number of halogens is 2. The summed E-state index contributed by atoms with van der Waals surface area (Å²) in [7, 11) is 1.84. The summed E-state index contributed by atoms with van der Waals surface area (Å²) >= 11 is 1.41. The zero-order chi connectivity index (χ0) is 41.2. The minimum absolute atomic E-state index is 0.0516. The molecule has 3 aromatic carbocycles. The molecule has 0 atom stereocenters. The van der Waals surface area contributed by atoms with Crippen molar-refractivity contribution in [3.63, 3.8) is 0 Å². The molecule has 2 aromatic heterocycles. The average molecular weight is 823 g/mol. The van der Waals surface area contributed by atoms with Gasteiger partial charge in [0.15, 0.2) is 17.4 Å². The van der Waals surface area contributed by atoms with Crippen LogP contribution in [-0.4, -0.2) is 74.2 Å². The van der Waals surface area contributed by atoms with Crippen molar-refractivity contribution in [1.82, 2.24) is 24.2 Å². The first-order valence-corrected chi connectivity index (χ1v) is 21.2. The molecule has 0 bridgehead atoms. The third-order valence-electron chi connectivity index (χ3n) is 13.0. The van der Waals surface area contributed by atoms with Crippen LogP contribution in [0, 0.1) is 33.8 Å². The number of anilines is 3. The molecule has 13 nitrogen and oxygen atoms in total. The number of aromatic nitrogens is 4. The number of ether oxygens (including phenoxy) is 1. The highest BCUT2D eigenvalue weighted by molar-refractivity contribution is 8.01. The Balaban J connectivity index is 0.787. The third-order valence-corrected chi connectivity index (χ3v) is 13.8. The summed E-state index contributed by atoms with van der Waals surface area (Å²) in [6.07, 6.45) is 8.11. The van der Waals surface area contributed by atoms with E-state index in [0.717, 1.165) is 70.2 Å². The summed E-state index contributed by atoms with van der Waals surface area (Å²) in [5, 5.41) is 18.8. The highest BCUT2D eigenvalue weighted by Gasteiger charge is 2.56. The molecular weight excluding hydrogens is 775 g/mol. The molecule has 4 fully saturated rings. The van der Waals surface area contributed by atoms with Crippen LogP contribution in [0.4, 0.5) is 26.0 Å². The minimum atomic E-state index is -0.667. The Labute approximate surface area is 345 Å². The Morgan fingerprint density at radius 3 is 2.49 bits per heavy atom. The standard InChI is InChI=1S/C43H48F2N10O3S/c1-25(2)59-51-35-7-5-32(44)39(31(35)21-46)58-28-4-6-34-29(14-28)41(57)55(24-49-34)27-19-42(20-27)9-12-53(13-10-42)26-17-43(18-26)22-54(23-43)37-16-36-30(15-33(37)45)40(50-52(36)3)48-11-8-38(47)56/h4-7,14-16,24-27,51H,8-13,17-20,22-23H2,1-3H3,(H2,47,56)(H,48,50). The van der Waals surface area contributed by atoms with Gasteiger partial charge in [0, 0.05) is 61.2 Å². The van der Waals surface area contributed by atoms with Crippen LogP contribution in [0.25, 0.3) is 21.8 Å². The molecule has 4 N–H and O–H groups in total. The van der Waals surface area contributed by atoms with Gasteiger partial charge in [0.25, 0.3) is 5.56 Å². The van der Waals surface area contributed by atoms with Crippen LogP contribution >= 0.6 is 11.9 Å². The number of hydrogen-bond acceptors (Lipinski definition) is 11. The number of primary amides is 1. The van der Waals surface area contributed by atoms with Crippen molar-refractivity contribution in [1.29, 1.82) is 5.26 Å². The number of fused-ring (bicyclic) bond motifs is 2. The first-order valence-electron chi connectivity index (χ1n) is 20.3. The lowest BCUT2D eigenvalue weighted by Crippen LogP contribution is -2.67. The van der Waals surface area contributed by atoms with Crippen molar-refractivity contribution in [2.75, 3.05) is 47.7 Å². The molecule has 2 saturated carbocycles. The molecule has 16 heteroatoms. The first kappa shape index (κ1) is 39.1. The predicted molar refractivity (Wildman–Crippen MR) is 226 cm³/mol. The van der Waals surface area contributed by atoms with Crippen LogP contribution in [0.3, 0.4) is 0 Å². The molecule has 4 heterocycles. The van der Waals surface area contributed by atoms with Gasteiger partial charge in [-0.15, -0.1) is 0 Å². The molecule has 2 saturated heterocycles. The normalized spacial score (nSPS) is 19.7. The lowest BCUT2D eigenvalue weighted by atomic mass is 9.57. The van der Waals surface area contributed by atoms with Crippen molar-refractivity contribution in [3.8, 4) is 17.6 Å². The van der Waals surface area contributed by atoms with Crippen LogP contribution in [0.5, 0.6) is 11.5 Å². The first-order chi connectivity index (χ1) is 28.3. The average Bonchev–Trinajstić information content (AvgIpc) is 3.46. The molecule has 2 aliphatic heterocycles. The van der Waals surface area contributed by atoms with Crippen molar-refractivity contribution in [3.05, 3.63) is 76.3 Å². The molecule has 2 aliphatic carbocycles. The summed E-state index contributed by atoms with van der Waals surface area (Å²) in [5.41, 5.74) is 8.01. The Morgan fingerprint density at radius 1 is 1.03 bits per heavy atom. The van der Waals surface area contributed by atoms with Gasteiger partial charge in [-0.2, -0.15) is 10.4 Å². The minimum Gasteiger partial charge on any atom is -0.453 e. The summed E-state index contributed by atoms with van der Waals surface area (Å²) in [6, 6.07) is 13.8. The summed E-state index contributed by atoms with van der Waals surface area (Å²) in [4.78, 5) is 34.4. The second-order valence-corrected chi connectivity index (χ2v) is 18.8. The van der Waals surface area contributed by atoms with Crippen LogP contribution in [-0.2, 0) is 11.8 Å². The number of nitriles is 1. The summed E-state index contributed by atoms with van der Waals surface area (Å²) in [6.45, 7) is 8.12. The fourth-order valence-electron chi connectivity index (χ4n) is 9.83. The van der Waals surface area contributed by atoms with E-state index >= 15 is 4.39 Å². The largest absolute Gasteiger partial charge is 0.453 e. The van der Waals surface area contributed by atoms with Gasteiger partial charge in [0.2, 0.25) is 5.91 Å². The molecular formula is C43H48F2N10O3S. The molecule has 4 aliphatic rings. The van der Waals surface area contributed by atoms with E-state index in [1.165, 1.54) is 30.1 Å². The Kier molecular flexibility index (Phi) is 9.94. The van der Waals surface area contributed by atoms with Crippen molar-refractivity contribution in [2.45, 2.75) is 76.1 Å². The second kappa shape index (κ2) is 15.0. The second-order valence-electron chi connectivity index (χ2n) is 17.4. The van der Waals surface area contributed by atoms with Gasteiger partial charge in [0.05, 0.1) is 34.1 Å². The zero-order valence-electron chi connectivity index (χ0n) is 33.4. The number of amides is 1. The van der Waals surface area contributed by atoms with Gasteiger partial charge >= 0.3 is 0 Å². The van der Waals surface area contributed by atoms with Gasteiger partial charge in [-0.05, 0) is 111 Å². The van der Waals surface area contributed by atoms with E-state index in [4.69, 9.17) is 10.5 Å². The van der Waals surface area contributed by atoms with Crippen molar-refractivity contribution >= 4 is 56.9 Å². The monoisotopic (exact) mass is 822 g/mol. The molecule has 0 unspecified atom stereocenters. The molecule has 308 valence electrons. The van der Waals surface area contributed by atoms with Gasteiger partial charge in [-0.3, -0.25) is 18.8 Å². The number of rotatable bonds is 12. The van der Waals surface area contributed by atoms with Crippen LogP contribution in [0.15, 0.2) is 53.6 Å². The van der Waals surface area contributed by atoms with E-state index in [0.29, 0.717) is 46.1 Å². The highest BCUT2D eigenvalue weighted by Crippen LogP contribution is 2.57. The van der Waals surface area contributed by atoms with E-state index in [1.807, 2.05) is 27.0 Å². The number of carbonyl (C=O) groups excluding carboxylic acids is 1. The van der Waals surface area contributed by atoms with Crippen LogP contribution < -0.4 is 31.0 Å². The number of piperidine rings is 1. The fourth-order valence-corrected chi connectivity index (χ4v) is 10.4. The Morgan fingerprint density at radius 2 is 1.78 bits per heavy atom. The molecule has 9 rings (SSSR count). The van der Waals surface area contributed by atoms with E-state index < -0.39 is 11.7 Å². The van der Waals surface area contributed by atoms with Crippen molar-refractivity contribution in [2.24, 2.45) is 23.6 Å². The Hall–Kier alpha value is -5.40. The number of aryl methyl sites for hydroxylation is 1. The lowest BCUT2D eigenvalue weighted by molar-refractivity contribution is -0.117. The maximum atomic E-state index is 15.4. The van der Waals surface area contributed by atoms with Gasteiger partial charge in [-0.25, -0.2) is 13.8 Å². The topological polar surface area (TPSA) is 159 Å². The maximum Gasteiger partial charge on any atom is 0.261 e.